The lowest BCUT2D eigenvalue weighted by molar-refractivity contribution is -0.0430. The maximum Gasteiger partial charge on any atom is 0.178 e. The molecule has 1 aliphatic heterocycles. The van der Waals surface area contributed by atoms with Gasteiger partial charge >= 0.3 is 0 Å². The minimum atomic E-state index is -1.41. The molecule has 0 aliphatic carbocycles. The van der Waals surface area contributed by atoms with E-state index in [1.165, 1.54) is 21.6 Å². The van der Waals surface area contributed by atoms with Crippen LogP contribution >= 0.6 is 11.8 Å². The largest absolute Gasteiger partial charge is 0.364 e. The van der Waals surface area contributed by atoms with Gasteiger partial charge in [-0.3, -0.25) is 0 Å². The summed E-state index contributed by atoms with van der Waals surface area (Å²) in [5.74, 6) is 0. The standard InChI is InChI=1S/C16H22O2S/c1-8-7-12(15(17)18)10(3)13-9(2)11(4)16(5,6)19-14(8)13/h7,15,17-18H,1-6H3. The van der Waals surface area contributed by atoms with Crippen molar-refractivity contribution in [3.63, 3.8) is 0 Å². The van der Waals surface area contributed by atoms with Gasteiger partial charge in [0.1, 0.15) is 0 Å². The van der Waals surface area contributed by atoms with E-state index in [2.05, 4.69) is 27.7 Å². The highest BCUT2D eigenvalue weighted by Gasteiger charge is 2.32. The van der Waals surface area contributed by atoms with Crippen LogP contribution in [0.3, 0.4) is 0 Å². The Morgan fingerprint density at radius 1 is 1.11 bits per heavy atom. The summed E-state index contributed by atoms with van der Waals surface area (Å²) in [6, 6.07) is 1.90. The molecule has 1 heterocycles. The molecule has 2 rings (SSSR count). The number of fused-ring (bicyclic) bond motifs is 1. The van der Waals surface area contributed by atoms with Crippen molar-refractivity contribution in [2.75, 3.05) is 0 Å². The highest BCUT2D eigenvalue weighted by molar-refractivity contribution is 8.01. The van der Waals surface area contributed by atoms with Gasteiger partial charge in [0.05, 0.1) is 0 Å². The fourth-order valence-electron chi connectivity index (χ4n) is 2.74. The van der Waals surface area contributed by atoms with Gasteiger partial charge in [0.2, 0.25) is 0 Å². The molecule has 0 saturated carbocycles. The number of hydrogen-bond acceptors (Lipinski definition) is 3. The maximum atomic E-state index is 9.52. The summed E-state index contributed by atoms with van der Waals surface area (Å²) in [7, 11) is 0. The van der Waals surface area contributed by atoms with E-state index < -0.39 is 6.29 Å². The third-order valence-corrected chi connectivity index (χ3v) is 5.79. The third-order valence-electron chi connectivity index (χ3n) is 4.24. The first kappa shape index (κ1) is 14.6. The monoisotopic (exact) mass is 278 g/mol. The zero-order valence-electron chi connectivity index (χ0n) is 12.5. The number of hydrogen-bond donors (Lipinski definition) is 2. The fourth-order valence-corrected chi connectivity index (χ4v) is 4.19. The smallest absolute Gasteiger partial charge is 0.178 e. The molecule has 0 aromatic heterocycles. The number of thioether (sulfide) groups is 1. The van der Waals surface area contributed by atoms with Crippen molar-refractivity contribution in [3.05, 3.63) is 33.9 Å². The van der Waals surface area contributed by atoms with E-state index in [1.54, 1.807) is 0 Å². The van der Waals surface area contributed by atoms with Crippen LogP contribution < -0.4 is 0 Å². The van der Waals surface area contributed by atoms with Crippen molar-refractivity contribution < 1.29 is 10.2 Å². The molecular formula is C16H22O2S. The van der Waals surface area contributed by atoms with Gasteiger partial charge in [-0.2, -0.15) is 0 Å². The SMILES string of the molecule is CC1=C(C)C(C)(C)Sc2c(C)cc(C(O)O)c(C)c21. The van der Waals surface area contributed by atoms with Crippen molar-refractivity contribution in [1.29, 1.82) is 0 Å². The molecule has 0 amide bonds. The lowest BCUT2D eigenvalue weighted by Gasteiger charge is -2.35. The summed E-state index contributed by atoms with van der Waals surface area (Å²) in [5, 5.41) is 19.0. The van der Waals surface area contributed by atoms with Gasteiger partial charge in [-0.15, -0.1) is 11.8 Å². The highest BCUT2D eigenvalue weighted by Crippen LogP contribution is 2.51. The van der Waals surface area contributed by atoms with Crippen LogP contribution in [0.1, 0.15) is 56.2 Å². The first-order chi connectivity index (χ1) is 8.66. The van der Waals surface area contributed by atoms with E-state index in [1.807, 2.05) is 31.7 Å². The Morgan fingerprint density at radius 2 is 1.68 bits per heavy atom. The second-order valence-electron chi connectivity index (χ2n) is 5.85. The van der Waals surface area contributed by atoms with E-state index in [-0.39, 0.29) is 4.75 Å². The van der Waals surface area contributed by atoms with Gasteiger partial charge in [0.25, 0.3) is 0 Å². The van der Waals surface area contributed by atoms with Crippen LogP contribution in [0.2, 0.25) is 0 Å². The first-order valence-electron chi connectivity index (χ1n) is 6.54. The molecule has 1 aromatic carbocycles. The second kappa shape index (κ2) is 4.65. The minimum absolute atomic E-state index is 0.0909. The predicted octanol–water partition coefficient (Wildman–Crippen LogP) is 3.96. The molecule has 104 valence electrons. The molecule has 1 aliphatic rings. The van der Waals surface area contributed by atoms with Crippen molar-refractivity contribution >= 4 is 17.3 Å². The summed E-state index contributed by atoms with van der Waals surface area (Å²) >= 11 is 1.87. The summed E-state index contributed by atoms with van der Waals surface area (Å²) in [6.45, 7) is 12.8. The van der Waals surface area contributed by atoms with Gasteiger partial charge in [0.15, 0.2) is 6.29 Å². The number of rotatable bonds is 1. The lowest BCUT2D eigenvalue weighted by atomic mass is 9.88. The molecule has 0 spiro atoms. The molecule has 2 nitrogen and oxygen atoms in total. The Labute approximate surface area is 119 Å². The van der Waals surface area contributed by atoms with E-state index in [0.717, 1.165) is 11.1 Å². The van der Waals surface area contributed by atoms with Crippen molar-refractivity contribution in [1.82, 2.24) is 0 Å². The van der Waals surface area contributed by atoms with Crippen LogP contribution in [0.25, 0.3) is 5.57 Å². The average Bonchev–Trinajstić information content (AvgIpc) is 2.30. The number of aliphatic hydroxyl groups is 2. The lowest BCUT2D eigenvalue weighted by Crippen LogP contribution is -2.22. The molecule has 0 radical (unpaired) electrons. The third kappa shape index (κ3) is 2.24. The Balaban J connectivity index is 2.80. The predicted molar refractivity (Wildman–Crippen MR) is 81.3 cm³/mol. The van der Waals surface area contributed by atoms with Crippen molar-refractivity contribution in [2.45, 2.75) is 57.5 Å². The van der Waals surface area contributed by atoms with Gasteiger partial charge in [-0.25, -0.2) is 0 Å². The Morgan fingerprint density at radius 3 is 2.21 bits per heavy atom. The van der Waals surface area contributed by atoms with Crippen LogP contribution in [-0.2, 0) is 0 Å². The van der Waals surface area contributed by atoms with Crippen molar-refractivity contribution in [2.24, 2.45) is 0 Å². The number of benzene rings is 1. The normalized spacial score (nSPS) is 17.9. The average molecular weight is 278 g/mol. The molecule has 0 fully saturated rings. The van der Waals surface area contributed by atoms with E-state index in [4.69, 9.17) is 0 Å². The maximum absolute atomic E-state index is 9.52. The molecule has 0 atom stereocenters. The van der Waals surface area contributed by atoms with Gasteiger partial charge in [-0.1, -0.05) is 5.57 Å². The quantitative estimate of drug-likeness (QED) is 0.764. The Bertz CT molecular complexity index is 569. The first-order valence-corrected chi connectivity index (χ1v) is 7.36. The molecule has 19 heavy (non-hydrogen) atoms. The molecule has 0 bridgehead atoms. The summed E-state index contributed by atoms with van der Waals surface area (Å²) in [5.41, 5.74) is 6.52. The van der Waals surface area contributed by atoms with Crippen LogP contribution in [0.15, 0.2) is 16.5 Å². The molecule has 2 N–H and O–H groups in total. The molecule has 0 saturated heterocycles. The second-order valence-corrected chi connectivity index (χ2v) is 7.48. The summed E-state index contributed by atoms with van der Waals surface area (Å²) < 4.78 is 0.0909. The fraction of sp³-hybridized carbons (Fsp3) is 0.500. The zero-order chi connectivity index (χ0) is 14.5. The van der Waals surface area contributed by atoms with E-state index >= 15 is 0 Å². The van der Waals surface area contributed by atoms with Gasteiger partial charge in [0, 0.05) is 15.2 Å². The molecule has 1 aromatic rings. The Hall–Kier alpha value is -0.770. The summed E-state index contributed by atoms with van der Waals surface area (Å²) in [4.78, 5) is 1.27. The molecule has 3 heteroatoms. The van der Waals surface area contributed by atoms with Crippen LogP contribution in [0.5, 0.6) is 0 Å². The van der Waals surface area contributed by atoms with E-state index in [0.29, 0.717) is 5.56 Å². The van der Waals surface area contributed by atoms with Crippen LogP contribution in [0.4, 0.5) is 0 Å². The number of allylic oxidation sites excluding steroid dienone is 1. The van der Waals surface area contributed by atoms with E-state index in [9.17, 15) is 10.2 Å². The van der Waals surface area contributed by atoms with Crippen LogP contribution in [0, 0.1) is 13.8 Å². The van der Waals surface area contributed by atoms with Gasteiger partial charge < -0.3 is 10.2 Å². The molecular weight excluding hydrogens is 256 g/mol. The zero-order valence-corrected chi connectivity index (χ0v) is 13.3. The molecule has 0 unspecified atom stereocenters. The summed E-state index contributed by atoms with van der Waals surface area (Å²) in [6.07, 6.45) is -1.41. The number of aliphatic hydroxyl groups excluding tert-OH is 1. The van der Waals surface area contributed by atoms with Gasteiger partial charge in [-0.05, 0) is 69.9 Å². The minimum Gasteiger partial charge on any atom is -0.364 e. The highest BCUT2D eigenvalue weighted by atomic mass is 32.2. The topological polar surface area (TPSA) is 40.5 Å². The van der Waals surface area contributed by atoms with Crippen molar-refractivity contribution in [3.8, 4) is 0 Å². The Kier molecular flexibility index (Phi) is 3.58. The number of aryl methyl sites for hydroxylation is 1. The van der Waals surface area contributed by atoms with Crippen LogP contribution in [-0.4, -0.2) is 15.0 Å².